The topological polar surface area (TPSA) is 78.0 Å². The lowest BCUT2D eigenvalue weighted by molar-refractivity contribution is -0.390. The molecule has 0 spiro atoms. The van der Waals surface area contributed by atoms with Crippen LogP contribution in [0.3, 0.4) is 0 Å². The number of aromatic nitrogens is 2. The van der Waals surface area contributed by atoms with Gasteiger partial charge < -0.3 is 10.1 Å². The zero-order valence-electron chi connectivity index (χ0n) is 7.56. The van der Waals surface area contributed by atoms with Gasteiger partial charge in [-0.1, -0.05) is 15.9 Å². The molecule has 0 aliphatic heterocycles. The van der Waals surface area contributed by atoms with Gasteiger partial charge in [0.05, 0.1) is 5.33 Å². The zero-order valence-corrected chi connectivity index (χ0v) is 9.96. The minimum atomic E-state index is -1.32. The van der Waals surface area contributed by atoms with Gasteiger partial charge in [0, 0.05) is 13.3 Å². The molecule has 1 rings (SSSR count). The summed E-state index contributed by atoms with van der Waals surface area (Å²) in [5.74, 6) is -0.241. The lowest BCUT2D eigenvalue weighted by atomic mass is 10.5. The van der Waals surface area contributed by atoms with Gasteiger partial charge >= 0.3 is 11.0 Å². The molecule has 1 heterocycles. The van der Waals surface area contributed by atoms with E-state index in [1.807, 2.05) is 0 Å². The van der Waals surface area contributed by atoms with E-state index in [0.717, 1.165) is 0 Å². The van der Waals surface area contributed by atoms with Crippen LogP contribution in [0.1, 0.15) is 5.69 Å². The minimum absolute atomic E-state index is 0.214. The van der Waals surface area contributed by atoms with E-state index in [0.29, 0.717) is 11.0 Å². The molecule has 6 nitrogen and oxygen atoms in total. The van der Waals surface area contributed by atoms with E-state index >= 15 is 0 Å². The van der Waals surface area contributed by atoms with Crippen LogP contribution < -0.4 is 0 Å². The standard InChI is InChI=1S/C6H8BrN3O3S/c1-9-4(3-7)5(10(11)12)8-6(9)14(2)13/h3H2,1-2H3. The maximum Gasteiger partial charge on any atom is 0.387 e. The molecule has 0 N–H and O–H groups in total. The molecule has 0 aliphatic rings. The minimum Gasteiger partial charge on any atom is -0.358 e. The Balaban J connectivity index is 3.39. The molecule has 14 heavy (non-hydrogen) atoms. The van der Waals surface area contributed by atoms with Crippen LogP contribution >= 0.6 is 15.9 Å². The molecule has 0 saturated carbocycles. The summed E-state index contributed by atoms with van der Waals surface area (Å²) < 4.78 is 12.6. The van der Waals surface area contributed by atoms with Gasteiger partial charge in [0.2, 0.25) is 0 Å². The fraction of sp³-hybridized carbons (Fsp3) is 0.500. The number of nitro groups is 1. The molecule has 0 fully saturated rings. The average Bonchev–Trinajstić information content (AvgIpc) is 2.42. The van der Waals surface area contributed by atoms with E-state index in [-0.39, 0.29) is 11.0 Å². The number of imidazole rings is 1. The molecule has 0 aliphatic carbocycles. The molecule has 0 aromatic carbocycles. The largest absolute Gasteiger partial charge is 0.387 e. The van der Waals surface area contributed by atoms with Crippen LogP contribution in [-0.2, 0) is 23.2 Å². The van der Waals surface area contributed by atoms with Crippen LogP contribution in [0, 0.1) is 10.1 Å². The highest BCUT2D eigenvalue weighted by Gasteiger charge is 2.26. The van der Waals surface area contributed by atoms with Gasteiger partial charge in [-0.2, -0.15) is 0 Å². The molecule has 0 bridgehead atoms. The lowest BCUT2D eigenvalue weighted by Crippen LogP contribution is -2.01. The first-order valence-corrected chi connectivity index (χ1v) is 6.26. The van der Waals surface area contributed by atoms with Crippen molar-refractivity contribution in [3.8, 4) is 0 Å². The summed E-state index contributed by atoms with van der Waals surface area (Å²) in [7, 11) is 0.283. The van der Waals surface area contributed by atoms with Crippen LogP contribution in [0.25, 0.3) is 0 Å². The van der Waals surface area contributed by atoms with Gasteiger partial charge in [-0.15, -0.1) is 0 Å². The van der Waals surface area contributed by atoms with Crippen LogP contribution in [0.4, 0.5) is 5.82 Å². The average molecular weight is 282 g/mol. The predicted octanol–water partition coefficient (Wildman–Crippen LogP) is 0.961. The molecular formula is C6H8BrN3O3S. The molecule has 1 unspecified atom stereocenters. The second kappa shape index (κ2) is 4.18. The number of nitrogens with zero attached hydrogens (tertiary/aromatic N) is 3. The van der Waals surface area contributed by atoms with Crippen LogP contribution in [-0.4, -0.2) is 24.9 Å². The number of hydrogen-bond donors (Lipinski definition) is 0. The first kappa shape index (κ1) is 11.3. The second-order valence-electron chi connectivity index (χ2n) is 2.57. The van der Waals surface area contributed by atoms with E-state index in [9.17, 15) is 14.3 Å². The first-order chi connectivity index (χ1) is 6.49. The van der Waals surface area contributed by atoms with Gasteiger partial charge in [0.1, 0.15) is 16.5 Å². The van der Waals surface area contributed by atoms with E-state index in [1.165, 1.54) is 10.8 Å². The summed E-state index contributed by atoms with van der Waals surface area (Å²) in [5.41, 5.74) is 0.417. The third kappa shape index (κ3) is 1.85. The summed E-state index contributed by atoms with van der Waals surface area (Å²) in [6.45, 7) is 0. The van der Waals surface area contributed by atoms with Crippen molar-refractivity contribution in [2.45, 2.75) is 10.5 Å². The molecular weight excluding hydrogens is 274 g/mol. The lowest BCUT2D eigenvalue weighted by Gasteiger charge is -1.96. The Morgan fingerprint density at radius 2 is 2.29 bits per heavy atom. The van der Waals surface area contributed by atoms with Crippen molar-refractivity contribution in [2.24, 2.45) is 7.05 Å². The van der Waals surface area contributed by atoms with Crippen molar-refractivity contribution in [3.63, 3.8) is 0 Å². The van der Waals surface area contributed by atoms with Crippen molar-refractivity contribution >= 4 is 32.5 Å². The van der Waals surface area contributed by atoms with E-state index < -0.39 is 15.7 Å². The van der Waals surface area contributed by atoms with Crippen LogP contribution in [0.2, 0.25) is 0 Å². The molecule has 1 aromatic heterocycles. The summed E-state index contributed by atoms with van der Waals surface area (Å²) >= 11 is 3.13. The second-order valence-corrected chi connectivity index (χ2v) is 4.40. The molecule has 1 aromatic rings. The number of halogens is 1. The zero-order chi connectivity index (χ0) is 10.9. The smallest absolute Gasteiger partial charge is 0.358 e. The molecule has 0 saturated heterocycles. The van der Waals surface area contributed by atoms with Crippen LogP contribution in [0.15, 0.2) is 5.16 Å². The first-order valence-electron chi connectivity index (χ1n) is 3.58. The Bertz CT molecular complexity index is 403. The molecule has 0 amide bonds. The maximum atomic E-state index is 11.2. The number of alkyl halides is 1. The van der Waals surface area contributed by atoms with Crippen molar-refractivity contribution < 1.29 is 9.13 Å². The molecule has 1 atom stereocenters. The van der Waals surface area contributed by atoms with Crippen molar-refractivity contribution in [3.05, 3.63) is 15.8 Å². The Hall–Kier alpha value is -0.760. The van der Waals surface area contributed by atoms with Crippen molar-refractivity contribution in [1.29, 1.82) is 0 Å². The molecule has 78 valence electrons. The third-order valence-corrected chi connectivity index (χ3v) is 3.12. The Morgan fingerprint density at radius 1 is 1.71 bits per heavy atom. The van der Waals surface area contributed by atoms with Gasteiger partial charge in [-0.05, 0) is 9.91 Å². The monoisotopic (exact) mass is 281 g/mol. The van der Waals surface area contributed by atoms with Gasteiger partial charge in [0.25, 0.3) is 0 Å². The van der Waals surface area contributed by atoms with Crippen molar-refractivity contribution in [2.75, 3.05) is 6.26 Å². The van der Waals surface area contributed by atoms with Gasteiger partial charge in [-0.25, -0.2) is 4.21 Å². The van der Waals surface area contributed by atoms with E-state index in [2.05, 4.69) is 20.9 Å². The Kier molecular flexibility index (Phi) is 3.38. The Labute approximate surface area is 91.1 Å². The summed E-state index contributed by atoms with van der Waals surface area (Å²) in [4.78, 5) is 13.7. The highest BCUT2D eigenvalue weighted by atomic mass is 79.9. The summed E-state index contributed by atoms with van der Waals surface area (Å²) in [6, 6.07) is 0. The van der Waals surface area contributed by atoms with E-state index in [4.69, 9.17) is 0 Å². The summed E-state index contributed by atoms with van der Waals surface area (Å²) in [6.07, 6.45) is 1.43. The molecule has 8 heteroatoms. The third-order valence-electron chi connectivity index (χ3n) is 1.71. The fourth-order valence-corrected chi connectivity index (χ4v) is 2.39. The van der Waals surface area contributed by atoms with Gasteiger partial charge in [0.15, 0.2) is 0 Å². The normalized spacial score (nSPS) is 12.8. The maximum absolute atomic E-state index is 11.2. The quantitative estimate of drug-likeness (QED) is 0.470. The van der Waals surface area contributed by atoms with E-state index in [1.54, 1.807) is 7.05 Å². The van der Waals surface area contributed by atoms with Gasteiger partial charge in [-0.3, -0.25) is 4.57 Å². The SMILES string of the molecule is Cn1c(S(C)=O)nc([N+](=O)[O-])c1CBr. The highest BCUT2D eigenvalue weighted by molar-refractivity contribution is 9.08. The highest BCUT2D eigenvalue weighted by Crippen LogP contribution is 2.22. The predicted molar refractivity (Wildman–Crippen MR) is 54.8 cm³/mol. The van der Waals surface area contributed by atoms with Crippen LogP contribution in [0.5, 0.6) is 0 Å². The van der Waals surface area contributed by atoms with Crippen molar-refractivity contribution in [1.82, 2.24) is 9.55 Å². The summed E-state index contributed by atoms with van der Waals surface area (Å²) in [5, 5.41) is 11.1. The number of rotatable bonds is 3. The molecule has 0 radical (unpaired) electrons. The Morgan fingerprint density at radius 3 is 2.57 bits per heavy atom. The number of hydrogen-bond acceptors (Lipinski definition) is 4. The fourth-order valence-electron chi connectivity index (χ4n) is 1.05.